The Bertz CT molecular complexity index is 860. The lowest BCUT2D eigenvalue weighted by atomic mass is 10.1. The molecule has 4 rings (SSSR count). The molecule has 0 bridgehead atoms. The molecule has 7 nitrogen and oxygen atoms in total. The lowest BCUT2D eigenvalue weighted by Gasteiger charge is -2.33. The van der Waals surface area contributed by atoms with E-state index in [1.54, 1.807) is 6.07 Å². The van der Waals surface area contributed by atoms with Gasteiger partial charge < -0.3 is 24.2 Å². The zero-order valence-electron chi connectivity index (χ0n) is 17.1. The Morgan fingerprint density at radius 2 is 1.57 bits per heavy atom. The van der Waals surface area contributed by atoms with Crippen molar-refractivity contribution in [1.82, 2.24) is 9.80 Å². The molecule has 0 radical (unpaired) electrons. The van der Waals surface area contributed by atoms with Gasteiger partial charge in [-0.25, -0.2) is 0 Å². The number of hydrogen-bond acceptors (Lipinski definition) is 4. The van der Waals surface area contributed by atoms with E-state index in [4.69, 9.17) is 9.47 Å². The van der Waals surface area contributed by atoms with Crippen LogP contribution in [-0.4, -0.2) is 80.6 Å². The molecule has 2 fully saturated rings. The third-order valence-corrected chi connectivity index (χ3v) is 5.58. The minimum atomic E-state index is 0.00654. The monoisotopic (exact) mass is 410 g/mol. The highest BCUT2D eigenvalue weighted by Gasteiger charge is 2.28. The standard InChI is InChI=1S/C23H27N3O4/c27-22(25-13-15-29-16-14-25)18-24-9-11-26(12-10-24)23(28)19-5-4-8-21(17-19)30-20-6-2-1-3-7-20/h1-8,17H,9-16,18H2/p+1. The first-order valence-corrected chi connectivity index (χ1v) is 10.5. The minimum Gasteiger partial charge on any atom is -0.457 e. The number of para-hydroxylation sites is 1. The van der Waals surface area contributed by atoms with Crippen molar-refractivity contribution in [3.8, 4) is 11.5 Å². The second kappa shape index (κ2) is 9.73. The number of carbonyl (C=O) groups excluding carboxylic acids is 2. The normalized spacial score (nSPS) is 17.6. The number of nitrogens with zero attached hydrogens (tertiary/aromatic N) is 2. The van der Waals surface area contributed by atoms with E-state index in [1.807, 2.05) is 58.3 Å². The highest BCUT2D eigenvalue weighted by atomic mass is 16.5. The predicted octanol–water partition coefficient (Wildman–Crippen LogP) is 0.678. The summed E-state index contributed by atoms with van der Waals surface area (Å²) in [5, 5.41) is 0. The third-order valence-electron chi connectivity index (χ3n) is 5.58. The number of piperazine rings is 1. The van der Waals surface area contributed by atoms with E-state index in [1.165, 1.54) is 4.90 Å². The SMILES string of the molecule is O=C(C[NH+]1CCN(C(=O)c2cccc(Oc3ccccc3)c2)CC1)N1CCOCC1. The van der Waals surface area contributed by atoms with Crippen molar-refractivity contribution < 1.29 is 24.0 Å². The number of rotatable bonds is 5. The van der Waals surface area contributed by atoms with Gasteiger partial charge in [0.25, 0.3) is 11.8 Å². The summed E-state index contributed by atoms with van der Waals surface area (Å²) in [6.07, 6.45) is 0. The molecule has 2 aromatic rings. The molecule has 2 saturated heterocycles. The summed E-state index contributed by atoms with van der Waals surface area (Å²) in [6, 6.07) is 16.8. The van der Waals surface area contributed by atoms with Crippen LogP contribution in [0.2, 0.25) is 0 Å². The molecule has 7 heteroatoms. The van der Waals surface area contributed by atoms with Crippen LogP contribution in [0.1, 0.15) is 10.4 Å². The fraction of sp³-hybridized carbons (Fsp3) is 0.391. The number of morpholine rings is 1. The van der Waals surface area contributed by atoms with E-state index < -0.39 is 0 Å². The van der Waals surface area contributed by atoms with Gasteiger partial charge in [-0.1, -0.05) is 24.3 Å². The molecule has 0 saturated carbocycles. The van der Waals surface area contributed by atoms with Crippen LogP contribution in [0.25, 0.3) is 0 Å². The first-order chi connectivity index (χ1) is 14.7. The van der Waals surface area contributed by atoms with Gasteiger partial charge in [0.05, 0.1) is 39.4 Å². The van der Waals surface area contributed by atoms with Crippen LogP contribution in [0.3, 0.4) is 0 Å². The molecule has 2 aliphatic heterocycles. The smallest absolute Gasteiger partial charge is 0.277 e. The van der Waals surface area contributed by atoms with Crippen molar-refractivity contribution in [3.05, 3.63) is 60.2 Å². The lowest BCUT2D eigenvalue weighted by Crippen LogP contribution is -3.15. The van der Waals surface area contributed by atoms with E-state index in [0.29, 0.717) is 57.3 Å². The number of quaternary nitrogens is 1. The van der Waals surface area contributed by atoms with Gasteiger partial charge in [-0.2, -0.15) is 0 Å². The predicted molar refractivity (Wildman–Crippen MR) is 112 cm³/mol. The van der Waals surface area contributed by atoms with Crippen molar-refractivity contribution >= 4 is 11.8 Å². The summed E-state index contributed by atoms with van der Waals surface area (Å²) in [6.45, 7) is 5.94. The molecule has 2 heterocycles. The van der Waals surface area contributed by atoms with Crippen LogP contribution in [0.4, 0.5) is 0 Å². The topological polar surface area (TPSA) is 63.5 Å². The van der Waals surface area contributed by atoms with Crippen LogP contribution in [-0.2, 0) is 9.53 Å². The summed E-state index contributed by atoms with van der Waals surface area (Å²) in [4.78, 5) is 30.4. The maximum Gasteiger partial charge on any atom is 0.277 e. The molecule has 0 spiro atoms. The van der Waals surface area contributed by atoms with Gasteiger partial charge in [0.15, 0.2) is 6.54 Å². The maximum absolute atomic E-state index is 13.0. The molecule has 1 N–H and O–H groups in total. The van der Waals surface area contributed by atoms with Crippen molar-refractivity contribution in [2.45, 2.75) is 0 Å². The van der Waals surface area contributed by atoms with E-state index in [-0.39, 0.29) is 11.8 Å². The number of benzene rings is 2. The van der Waals surface area contributed by atoms with Gasteiger partial charge in [0, 0.05) is 18.7 Å². The Morgan fingerprint density at radius 3 is 2.30 bits per heavy atom. The molecule has 0 aliphatic carbocycles. The number of hydrogen-bond donors (Lipinski definition) is 1. The highest BCUT2D eigenvalue weighted by molar-refractivity contribution is 5.94. The first kappa shape index (κ1) is 20.4. The van der Waals surface area contributed by atoms with Gasteiger partial charge in [0.1, 0.15) is 11.5 Å². The third kappa shape index (κ3) is 5.17. The molecular weight excluding hydrogens is 382 g/mol. The fourth-order valence-electron chi connectivity index (χ4n) is 3.84. The molecule has 2 amide bonds. The van der Waals surface area contributed by atoms with E-state index >= 15 is 0 Å². The van der Waals surface area contributed by atoms with Crippen LogP contribution in [0, 0.1) is 0 Å². The minimum absolute atomic E-state index is 0.00654. The summed E-state index contributed by atoms with van der Waals surface area (Å²) < 4.78 is 11.2. The van der Waals surface area contributed by atoms with Gasteiger partial charge in [-0.05, 0) is 30.3 Å². The number of carbonyl (C=O) groups is 2. The first-order valence-electron chi connectivity index (χ1n) is 10.5. The fourth-order valence-corrected chi connectivity index (χ4v) is 3.84. The van der Waals surface area contributed by atoms with E-state index in [9.17, 15) is 9.59 Å². The Labute approximate surface area is 176 Å². The summed E-state index contributed by atoms with van der Waals surface area (Å²) in [7, 11) is 0. The summed E-state index contributed by atoms with van der Waals surface area (Å²) in [5.74, 6) is 1.57. The molecule has 158 valence electrons. The summed E-state index contributed by atoms with van der Waals surface area (Å²) in [5.41, 5.74) is 0.622. The molecule has 0 unspecified atom stereocenters. The molecule has 0 aromatic heterocycles. The second-order valence-corrected chi connectivity index (χ2v) is 7.66. The van der Waals surface area contributed by atoms with E-state index in [0.717, 1.165) is 18.8 Å². The second-order valence-electron chi connectivity index (χ2n) is 7.66. The van der Waals surface area contributed by atoms with Crippen molar-refractivity contribution in [2.75, 3.05) is 59.0 Å². The lowest BCUT2D eigenvalue weighted by molar-refractivity contribution is -0.896. The van der Waals surface area contributed by atoms with Gasteiger partial charge in [-0.3, -0.25) is 9.59 Å². The maximum atomic E-state index is 13.0. The Morgan fingerprint density at radius 1 is 0.867 bits per heavy atom. The Balaban J connectivity index is 1.30. The molecule has 2 aliphatic rings. The summed E-state index contributed by atoms with van der Waals surface area (Å²) >= 11 is 0. The van der Waals surface area contributed by atoms with E-state index in [2.05, 4.69) is 0 Å². The quantitative estimate of drug-likeness (QED) is 0.788. The largest absolute Gasteiger partial charge is 0.457 e. The zero-order chi connectivity index (χ0) is 20.8. The zero-order valence-corrected chi connectivity index (χ0v) is 17.1. The Hall–Kier alpha value is -2.90. The van der Waals surface area contributed by atoms with Gasteiger partial charge in [-0.15, -0.1) is 0 Å². The molecule has 0 atom stereocenters. The van der Waals surface area contributed by atoms with Crippen molar-refractivity contribution in [2.24, 2.45) is 0 Å². The van der Waals surface area contributed by atoms with Crippen molar-refractivity contribution in [3.63, 3.8) is 0 Å². The average Bonchev–Trinajstić information content (AvgIpc) is 2.80. The molecule has 2 aromatic carbocycles. The van der Waals surface area contributed by atoms with Crippen LogP contribution < -0.4 is 9.64 Å². The molecular formula is C23H28N3O4+. The van der Waals surface area contributed by atoms with Crippen LogP contribution >= 0.6 is 0 Å². The number of nitrogens with one attached hydrogen (secondary N) is 1. The number of amides is 2. The van der Waals surface area contributed by atoms with Crippen LogP contribution in [0.5, 0.6) is 11.5 Å². The van der Waals surface area contributed by atoms with Crippen LogP contribution in [0.15, 0.2) is 54.6 Å². The number of ether oxygens (including phenoxy) is 2. The van der Waals surface area contributed by atoms with Gasteiger partial charge in [0.2, 0.25) is 0 Å². The Kier molecular flexibility index (Phi) is 6.61. The van der Waals surface area contributed by atoms with Crippen molar-refractivity contribution in [1.29, 1.82) is 0 Å². The highest BCUT2D eigenvalue weighted by Crippen LogP contribution is 2.22. The molecule has 30 heavy (non-hydrogen) atoms. The average molecular weight is 410 g/mol. The van der Waals surface area contributed by atoms with Gasteiger partial charge >= 0.3 is 0 Å².